The van der Waals surface area contributed by atoms with Crippen molar-refractivity contribution in [2.45, 2.75) is 44.2 Å². The Bertz CT molecular complexity index is 1490. The topological polar surface area (TPSA) is 81.3 Å². The molecular formula is C26H27N5O2S. The lowest BCUT2D eigenvalue weighted by molar-refractivity contribution is -0.113. The van der Waals surface area contributed by atoms with Gasteiger partial charge < -0.3 is 5.32 Å². The summed E-state index contributed by atoms with van der Waals surface area (Å²) in [5.74, 6) is 0.457. The highest BCUT2D eigenvalue weighted by atomic mass is 32.2. The van der Waals surface area contributed by atoms with E-state index in [2.05, 4.69) is 30.3 Å². The molecule has 1 N–H and O–H groups in total. The number of carbonyl (C=O) groups is 1. The van der Waals surface area contributed by atoms with Crippen molar-refractivity contribution in [1.82, 2.24) is 19.2 Å². The molecule has 0 fully saturated rings. The summed E-state index contributed by atoms with van der Waals surface area (Å²) < 4.78 is 3.17. The van der Waals surface area contributed by atoms with E-state index in [1.54, 1.807) is 16.1 Å². The van der Waals surface area contributed by atoms with Crippen LogP contribution in [0.1, 0.15) is 37.0 Å². The van der Waals surface area contributed by atoms with Crippen LogP contribution in [0.4, 0.5) is 5.69 Å². The molecule has 1 unspecified atom stereocenters. The molecular weight excluding hydrogens is 446 g/mol. The first-order valence-corrected chi connectivity index (χ1v) is 12.4. The average Bonchev–Trinajstić information content (AvgIpc) is 3.13. The largest absolute Gasteiger partial charge is 0.325 e. The molecule has 1 aliphatic carbocycles. The summed E-state index contributed by atoms with van der Waals surface area (Å²) in [4.78, 5) is 31.4. The number of benzene rings is 2. The molecule has 0 saturated heterocycles. The van der Waals surface area contributed by atoms with Crippen molar-refractivity contribution in [2.24, 2.45) is 7.05 Å². The van der Waals surface area contributed by atoms with E-state index in [0.29, 0.717) is 10.9 Å². The number of fused-ring (bicyclic) bond motifs is 4. The molecule has 34 heavy (non-hydrogen) atoms. The molecule has 8 heteroatoms. The van der Waals surface area contributed by atoms with Crippen LogP contribution in [0.15, 0.2) is 58.5 Å². The van der Waals surface area contributed by atoms with Gasteiger partial charge in [-0.15, -0.1) is 5.10 Å². The van der Waals surface area contributed by atoms with E-state index in [1.165, 1.54) is 17.3 Å². The number of nitrogens with one attached hydrogen (secondary N) is 1. The number of thioether (sulfide) groups is 1. The molecule has 4 aromatic rings. The first kappa shape index (κ1) is 22.4. The minimum Gasteiger partial charge on any atom is -0.325 e. The lowest BCUT2D eigenvalue weighted by atomic mass is 9.69. The fourth-order valence-corrected chi connectivity index (χ4v) is 5.52. The zero-order valence-corrected chi connectivity index (χ0v) is 20.6. The standard InChI is InChI=1S/C26H27N5O2S/c1-5-26(3)14-17-10-6-7-12-19(17)22-21(26)23(33)31-24(28-22)30(4)29-25(31)34-15-20(32)27-18-11-8-9-16(2)13-18/h6-13H,5,14-15H2,1-4H3,(H,27,32). The van der Waals surface area contributed by atoms with Crippen LogP contribution < -0.4 is 10.9 Å². The van der Waals surface area contributed by atoms with Crippen molar-refractivity contribution in [1.29, 1.82) is 0 Å². The van der Waals surface area contributed by atoms with Crippen molar-refractivity contribution in [3.63, 3.8) is 0 Å². The summed E-state index contributed by atoms with van der Waals surface area (Å²) in [6, 6.07) is 15.8. The average molecular weight is 474 g/mol. The van der Waals surface area contributed by atoms with Crippen molar-refractivity contribution in [3.8, 4) is 11.3 Å². The second-order valence-corrected chi connectivity index (χ2v) is 10.1. The van der Waals surface area contributed by atoms with Gasteiger partial charge in [0, 0.05) is 23.7 Å². The highest BCUT2D eigenvalue weighted by molar-refractivity contribution is 7.99. The van der Waals surface area contributed by atoms with Crippen molar-refractivity contribution in [2.75, 3.05) is 11.1 Å². The monoisotopic (exact) mass is 473 g/mol. The fourth-order valence-electron chi connectivity index (χ4n) is 4.72. The van der Waals surface area contributed by atoms with Crippen LogP contribution in [0, 0.1) is 6.92 Å². The normalized spacial score (nSPS) is 16.8. The van der Waals surface area contributed by atoms with Gasteiger partial charge in [0.2, 0.25) is 11.7 Å². The molecule has 1 atom stereocenters. The Hall–Kier alpha value is -3.39. The highest BCUT2D eigenvalue weighted by Gasteiger charge is 2.38. The minimum absolute atomic E-state index is 0.103. The fraction of sp³-hybridized carbons (Fsp3) is 0.308. The number of rotatable bonds is 5. The predicted octanol–water partition coefficient (Wildman–Crippen LogP) is 4.36. The van der Waals surface area contributed by atoms with Gasteiger partial charge in [0.1, 0.15) is 0 Å². The number of hydrogen-bond donors (Lipinski definition) is 1. The van der Waals surface area contributed by atoms with Gasteiger partial charge in [0.05, 0.1) is 17.0 Å². The van der Waals surface area contributed by atoms with Crippen LogP contribution in [0.25, 0.3) is 17.0 Å². The Morgan fingerprint density at radius 2 is 2.00 bits per heavy atom. The second-order valence-electron chi connectivity index (χ2n) is 9.14. The molecule has 2 aromatic heterocycles. The van der Waals surface area contributed by atoms with E-state index in [0.717, 1.165) is 40.9 Å². The van der Waals surface area contributed by atoms with Gasteiger partial charge in [-0.3, -0.25) is 9.59 Å². The number of aromatic nitrogens is 4. The number of amides is 1. The summed E-state index contributed by atoms with van der Waals surface area (Å²) >= 11 is 1.24. The smallest absolute Gasteiger partial charge is 0.265 e. The summed E-state index contributed by atoms with van der Waals surface area (Å²) in [5.41, 5.74) is 5.09. The summed E-state index contributed by atoms with van der Waals surface area (Å²) in [5, 5.41) is 7.92. The number of aryl methyl sites for hydroxylation is 2. The van der Waals surface area contributed by atoms with Gasteiger partial charge in [-0.2, -0.15) is 0 Å². The van der Waals surface area contributed by atoms with E-state index in [1.807, 2.05) is 49.4 Å². The number of nitrogens with zero attached hydrogens (tertiary/aromatic N) is 4. The summed E-state index contributed by atoms with van der Waals surface area (Å²) in [6.07, 6.45) is 1.61. The second kappa shape index (κ2) is 8.43. The van der Waals surface area contributed by atoms with Crippen molar-refractivity contribution < 1.29 is 4.79 Å². The van der Waals surface area contributed by atoms with Gasteiger partial charge in [0.15, 0.2) is 5.16 Å². The Morgan fingerprint density at radius 1 is 1.21 bits per heavy atom. The molecule has 0 spiro atoms. The number of carbonyl (C=O) groups excluding carboxylic acids is 1. The summed E-state index contributed by atoms with van der Waals surface area (Å²) in [6.45, 7) is 6.23. The highest BCUT2D eigenvalue weighted by Crippen LogP contribution is 2.42. The Kier molecular flexibility index (Phi) is 5.56. The van der Waals surface area contributed by atoms with Crippen molar-refractivity contribution in [3.05, 3.63) is 75.6 Å². The van der Waals surface area contributed by atoms with Crippen LogP contribution in [0.2, 0.25) is 0 Å². The Morgan fingerprint density at radius 3 is 2.76 bits per heavy atom. The molecule has 1 amide bonds. The third-order valence-corrected chi connectivity index (χ3v) is 7.58. The van der Waals surface area contributed by atoms with Crippen LogP contribution in [-0.2, 0) is 23.7 Å². The van der Waals surface area contributed by atoms with Gasteiger partial charge in [-0.05, 0) is 43.0 Å². The third kappa shape index (κ3) is 3.72. The Labute approximate surface area is 202 Å². The Balaban J connectivity index is 1.54. The molecule has 174 valence electrons. The molecule has 1 aliphatic rings. The molecule has 0 saturated carbocycles. The zero-order chi connectivity index (χ0) is 24.0. The van der Waals surface area contributed by atoms with Gasteiger partial charge >= 0.3 is 0 Å². The minimum atomic E-state index is -0.324. The van der Waals surface area contributed by atoms with Crippen LogP contribution in [0.3, 0.4) is 0 Å². The summed E-state index contributed by atoms with van der Waals surface area (Å²) in [7, 11) is 1.78. The van der Waals surface area contributed by atoms with E-state index in [4.69, 9.17) is 4.98 Å². The van der Waals surface area contributed by atoms with E-state index in [9.17, 15) is 9.59 Å². The SMILES string of the molecule is CCC1(C)Cc2ccccc2-c2nc3n(C)nc(SCC(=O)Nc4cccc(C)c4)n3c(=O)c21. The lowest BCUT2D eigenvalue weighted by Crippen LogP contribution is -2.37. The van der Waals surface area contributed by atoms with Crippen LogP contribution >= 0.6 is 11.8 Å². The van der Waals surface area contributed by atoms with Crippen LogP contribution in [-0.4, -0.2) is 30.8 Å². The molecule has 7 nitrogen and oxygen atoms in total. The van der Waals surface area contributed by atoms with Crippen LogP contribution in [0.5, 0.6) is 0 Å². The lowest BCUT2D eigenvalue weighted by Gasteiger charge is -2.34. The van der Waals surface area contributed by atoms with Gasteiger partial charge in [0.25, 0.3) is 5.56 Å². The van der Waals surface area contributed by atoms with Gasteiger partial charge in [-0.1, -0.05) is 62.0 Å². The maximum Gasteiger partial charge on any atom is 0.265 e. The maximum atomic E-state index is 13.9. The molecule has 2 heterocycles. The van der Waals surface area contributed by atoms with E-state index in [-0.39, 0.29) is 22.6 Å². The zero-order valence-electron chi connectivity index (χ0n) is 19.8. The molecule has 0 bridgehead atoms. The van der Waals surface area contributed by atoms with Crippen molar-refractivity contribution >= 4 is 29.1 Å². The van der Waals surface area contributed by atoms with E-state index < -0.39 is 0 Å². The predicted molar refractivity (Wildman–Crippen MR) is 136 cm³/mol. The molecule has 2 aromatic carbocycles. The third-order valence-electron chi connectivity index (χ3n) is 6.65. The van der Waals surface area contributed by atoms with E-state index >= 15 is 0 Å². The number of hydrogen-bond acceptors (Lipinski definition) is 5. The molecule has 0 aliphatic heterocycles. The molecule has 5 rings (SSSR count). The first-order chi connectivity index (χ1) is 16.3. The molecule has 0 radical (unpaired) electrons. The maximum absolute atomic E-state index is 13.9. The first-order valence-electron chi connectivity index (χ1n) is 11.4. The van der Waals surface area contributed by atoms with Gasteiger partial charge in [-0.25, -0.2) is 14.1 Å². The number of anilines is 1. The quantitative estimate of drug-likeness (QED) is 0.436.